The number of hydrogen-bond acceptors (Lipinski definition) is 6. The Bertz CT molecular complexity index is 1260. The molecule has 0 unspecified atom stereocenters. The number of ether oxygens (including phenoxy) is 1. The number of amides is 2. The molecule has 2 aromatic rings. The van der Waals surface area contributed by atoms with Gasteiger partial charge in [0.1, 0.15) is 18.0 Å². The molecule has 1 fully saturated rings. The van der Waals surface area contributed by atoms with E-state index in [0.717, 1.165) is 4.57 Å². The minimum Gasteiger partial charge on any atom is -0.478 e. The van der Waals surface area contributed by atoms with Crippen LogP contribution < -0.4 is 25.8 Å². The summed E-state index contributed by atoms with van der Waals surface area (Å²) in [4.78, 5) is 56.1. The maximum absolute atomic E-state index is 13.2. The molecule has 4 rings (SSSR count). The Labute approximate surface area is 201 Å². The highest BCUT2D eigenvalue weighted by Crippen LogP contribution is 2.36. The first-order valence-corrected chi connectivity index (χ1v) is 11.6. The Kier molecular flexibility index (Phi) is 6.44. The Morgan fingerprint density at radius 2 is 1.76 bits per heavy atom. The van der Waals surface area contributed by atoms with Crippen molar-refractivity contribution in [3.05, 3.63) is 49.8 Å². The number of fused-ring (bicyclic) bond motifs is 1. The topological polar surface area (TPSA) is 97.1 Å². The van der Waals surface area contributed by atoms with Crippen molar-refractivity contribution in [1.82, 2.24) is 14.0 Å². The van der Waals surface area contributed by atoms with Crippen LogP contribution in [0.15, 0.2) is 27.8 Å². The van der Waals surface area contributed by atoms with Crippen LogP contribution in [0, 0.1) is 6.92 Å². The largest absolute Gasteiger partial charge is 0.478 e. The number of benzene rings is 1. The summed E-state index contributed by atoms with van der Waals surface area (Å²) < 4.78 is 8.32. The van der Waals surface area contributed by atoms with Crippen molar-refractivity contribution in [1.29, 1.82) is 0 Å². The molecule has 0 spiro atoms. The van der Waals surface area contributed by atoms with Crippen LogP contribution >= 0.6 is 11.6 Å². The molecule has 11 heteroatoms. The number of hydrogen-bond donors (Lipinski definition) is 0. The molecule has 3 heterocycles. The lowest BCUT2D eigenvalue weighted by molar-refractivity contribution is -0.133. The lowest BCUT2D eigenvalue weighted by Crippen LogP contribution is -2.55. The van der Waals surface area contributed by atoms with Gasteiger partial charge in [-0.05, 0) is 31.5 Å². The van der Waals surface area contributed by atoms with E-state index in [2.05, 4.69) is 0 Å². The monoisotopic (exact) mass is 489 g/mol. The SMILES string of the molecule is CC[C@H]1Oc2ccc(Cl)cc2N(CC(=O)N2CCN(c3c(C)n(C)c(=O)n(C)c3=O)CC2)C1=O. The molecule has 2 aliphatic heterocycles. The molecule has 1 saturated heterocycles. The molecule has 1 aromatic heterocycles. The normalized spacial score (nSPS) is 18.1. The van der Waals surface area contributed by atoms with Crippen molar-refractivity contribution in [3.8, 4) is 5.75 Å². The molecule has 0 aliphatic carbocycles. The summed E-state index contributed by atoms with van der Waals surface area (Å²) in [5.41, 5.74) is 0.818. The zero-order chi connectivity index (χ0) is 24.7. The van der Waals surface area contributed by atoms with E-state index in [1.54, 1.807) is 37.1 Å². The number of rotatable bonds is 4. The second-order valence-corrected chi connectivity index (χ2v) is 9.00. The van der Waals surface area contributed by atoms with Gasteiger partial charge in [0.05, 0.1) is 5.69 Å². The summed E-state index contributed by atoms with van der Waals surface area (Å²) >= 11 is 6.13. The minimum atomic E-state index is -0.651. The average molecular weight is 490 g/mol. The summed E-state index contributed by atoms with van der Waals surface area (Å²) in [5, 5.41) is 0.449. The van der Waals surface area contributed by atoms with Crippen molar-refractivity contribution in [2.24, 2.45) is 14.1 Å². The van der Waals surface area contributed by atoms with Gasteiger partial charge >= 0.3 is 5.69 Å². The molecule has 1 atom stereocenters. The highest BCUT2D eigenvalue weighted by molar-refractivity contribution is 6.31. The molecule has 0 N–H and O–H groups in total. The zero-order valence-corrected chi connectivity index (χ0v) is 20.5. The Morgan fingerprint density at radius 1 is 1.09 bits per heavy atom. The molecule has 0 bridgehead atoms. The Hall–Kier alpha value is -3.27. The molecular weight excluding hydrogens is 462 g/mol. The summed E-state index contributed by atoms with van der Waals surface area (Å²) in [7, 11) is 3.09. The van der Waals surface area contributed by atoms with Gasteiger partial charge in [0.2, 0.25) is 5.91 Å². The zero-order valence-electron chi connectivity index (χ0n) is 19.7. The van der Waals surface area contributed by atoms with Crippen molar-refractivity contribution in [2.45, 2.75) is 26.4 Å². The first-order chi connectivity index (χ1) is 16.1. The lowest BCUT2D eigenvalue weighted by atomic mass is 10.1. The van der Waals surface area contributed by atoms with E-state index in [0.29, 0.717) is 60.4 Å². The third-order valence-electron chi connectivity index (χ3n) is 6.56. The van der Waals surface area contributed by atoms with Crippen LogP contribution in [0.5, 0.6) is 5.75 Å². The number of carbonyl (C=O) groups is 2. The van der Waals surface area contributed by atoms with Gasteiger partial charge in [0.15, 0.2) is 6.10 Å². The van der Waals surface area contributed by atoms with E-state index in [1.807, 2.05) is 11.8 Å². The maximum atomic E-state index is 13.2. The third-order valence-corrected chi connectivity index (χ3v) is 6.80. The van der Waals surface area contributed by atoms with E-state index in [1.165, 1.54) is 16.5 Å². The average Bonchev–Trinajstić information content (AvgIpc) is 2.83. The van der Waals surface area contributed by atoms with Crippen LogP contribution in [0.4, 0.5) is 11.4 Å². The lowest BCUT2D eigenvalue weighted by Gasteiger charge is -2.38. The highest BCUT2D eigenvalue weighted by Gasteiger charge is 2.36. The Balaban J connectivity index is 1.50. The van der Waals surface area contributed by atoms with E-state index in [-0.39, 0.29) is 29.6 Å². The van der Waals surface area contributed by atoms with Crippen LogP contribution in [0.25, 0.3) is 0 Å². The number of halogens is 1. The third kappa shape index (κ3) is 4.06. The predicted molar refractivity (Wildman–Crippen MR) is 129 cm³/mol. The van der Waals surface area contributed by atoms with Crippen molar-refractivity contribution in [3.63, 3.8) is 0 Å². The van der Waals surface area contributed by atoms with Crippen molar-refractivity contribution >= 4 is 34.8 Å². The van der Waals surface area contributed by atoms with E-state index < -0.39 is 6.10 Å². The summed E-state index contributed by atoms with van der Waals surface area (Å²) in [6.07, 6.45) is -0.166. The minimum absolute atomic E-state index is 0.118. The van der Waals surface area contributed by atoms with Crippen LogP contribution in [-0.2, 0) is 23.7 Å². The van der Waals surface area contributed by atoms with Gasteiger partial charge in [-0.2, -0.15) is 0 Å². The van der Waals surface area contributed by atoms with Gasteiger partial charge in [0.25, 0.3) is 11.5 Å². The predicted octanol–water partition coefficient (Wildman–Crippen LogP) is 0.899. The highest BCUT2D eigenvalue weighted by atomic mass is 35.5. The molecule has 2 amide bonds. The number of carbonyl (C=O) groups excluding carboxylic acids is 2. The fourth-order valence-corrected chi connectivity index (χ4v) is 4.59. The van der Waals surface area contributed by atoms with E-state index in [4.69, 9.17) is 16.3 Å². The maximum Gasteiger partial charge on any atom is 0.330 e. The molecule has 10 nitrogen and oxygen atoms in total. The Morgan fingerprint density at radius 3 is 2.41 bits per heavy atom. The van der Waals surface area contributed by atoms with Gasteiger partial charge in [0, 0.05) is 51.0 Å². The number of anilines is 2. The first-order valence-electron chi connectivity index (χ1n) is 11.2. The number of piperazine rings is 1. The second kappa shape index (κ2) is 9.17. The van der Waals surface area contributed by atoms with Gasteiger partial charge in [-0.15, -0.1) is 0 Å². The molecule has 182 valence electrons. The second-order valence-electron chi connectivity index (χ2n) is 8.56. The smallest absolute Gasteiger partial charge is 0.330 e. The van der Waals surface area contributed by atoms with E-state index >= 15 is 0 Å². The summed E-state index contributed by atoms with van der Waals surface area (Å²) in [6, 6.07) is 5.02. The number of aromatic nitrogens is 2. The van der Waals surface area contributed by atoms with Crippen molar-refractivity contribution < 1.29 is 14.3 Å². The van der Waals surface area contributed by atoms with Gasteiger partial charge in [-0.1, -0.05) is 18.5 Å². The molecule has 2 aliphatic rings. The fourth-order valence-electron chi connectivity index (χ4n) is 4.42. The molecule has 0 radical (unpaired) electrons. The van der Waals surface area contributed by atoms with Crippen LogP contribution in [0.1, 0.15) is 19.0 Å². The van der Waals surface area contributed by atoms with Crippen LogP contribution in [0.3, 0.4) is 0 Å². The molecule has 1 aromatic carbocycles. The van der Waals surface area contributed by atoms with Crippen LogP contribution in [0.2, 0.25) is 5.02 Å². The quantitative estimate of drug-likeness (QED) is 0.633. The summed E-state index contributed by atoms with van der Waals surface area (Å²) in [5.74, 6) is 0.0591. The first kappa shape index (κ1) is 23.9. The van der Waals surface area contributed by atoms with Crippen molar-refractivity contribution in [2.75, 3.05) is 42.5 Å². The van der Waals surface area contributed by atoms with Gasteiger partial charge in [-0.25, -0.2) is 4.79 Å². The van der Waals surface area contributed by atoms with Gasteiger partial charge in [-0.3, -0.25) is 28.4 Å². The molecule has 0 saturated carbocycles. The molecule has 34 heavy (non-hydrogen) atoms. The van der Waals surface area contributed by atoms with Crippen LogP contribution in [-0.4, -0.2) is 64.7 Å². The standard InChI is InChI=1S/C23H28ClN5O5/c1-5-17-21(31)29(16-12-15(24)6-7-18(16)34-17)13-19(30)27-8-10-28(11-9-27)20-14(2)25(3)23(33)26(4)22(20)32/h6-7,12,17H,5,8-11,13H2,1-4H3/t17-/m1/s1. The van der Waals surface area contributed by atoms with Gasteiger partial charge < -0.3 is 14.5 Å². The fraction of sp³-hybridized carbons (Fsp3) is 0.478. The number of nitrogens with zero attached hydrogens (tertiary/aromatic N) is 5. The summed E-state index contributed by atoms with van der Waals surface area (Å²) in [6.45, 7) is 5.15. The van der Waals surface area contributed by atoms with E-state index in [9.17, 15) is 19.2 Å². The molecular formula is C23H28ClN5O5.